The van der Waals surface area contributed by atoms with Gasteiger partial charge in [-0.3, -0.25) is 9.78 Å². The molecule has 1 aromatic rings. The average molecular weight is 256 g/mol. The highest BCUT2D eigenvalue weighted by Crippen LogP contribution is 1.97. The fourth-order valence-electron chi connectivity index (χ4n) is 1.28. The third-order valence-corrected chi connectivity index (χ3v) is 3.19. The molecule has 1 amide bonds. The minimum Gasteiger partial charge on any atom is -0.352 e. The second-order valence-corrected chi connectivity index (χ2v) is 6.13. The van der Waals surface area contributed by atoms with E-state index in [-0.39, 0.29) is 18.1 Å². The van der Waals surface area contributed by atoms with Gasteiger partial charge in [0.1, 0.15) is 9.84 Å². The zero-order chi connectivity index (χ0) is 12.7. The molecule has 1 N–H and O–H groups in total. The Morgan fingerprint density at radius 1 is 1.35 bits per heavy atom. The Bertz CT molecular complexity index is 457. The number of aromatic nitrogens is 1. The van der Waals surface area contributed by atoms with Crippen LogP contribution in [0.4, 0.5) is 0 Å². The Morgan fingerprint density at radius 3 is 2.59 bits per heavy atom. The third kappa shape index (κ3) is 6.68. The number of amides is 1. The SMILES string of the molecule is CS(=O)(=O)CCCC(=O)NCc1ccncc1. The summed E-state index contributed by atoms with van der Waals surface area (Å²) < 4.78 is 21.7. The van der Waals surface area contributed by atoms with Crippen molar-refractivity contribution >= 4 is 15.7 Å². The smallest absolute Gasteiger partial charge is 0.220 e. The van der Waals surface area contributed by atoms with Crippen molar-refractivity contribution < 1.29 is 13.2 Å². The Balaban J connectivity index is 2.22. The largest absolute Gasteiger partial charge is 0.352 e. The Labute approximate surface area is 101 Å². The van der Waals surface area contributed by atoms with Gasteiger partial charge >= 0.3 is 0 Å². The van der Waals surface area contributed by atoms with Gasteiger partial charge < -0.3 is 5.32 Å². The number of carbonyl (C=O) groups is 1. The zero-order valence-electron chi connectivity index (χ0n) is 9.72. The van der Waals surface area contributed by atoms with Gasteiger partial charge in [-0.15, -0.1) is 0 Å². The summed E-state index contributed by atoms with van der Waals surface area (Å²) in [7, 11) is -2.98. The highest BCUT2D eigenvalue weighted by Gasteiger charge is 2.05. The number of sulfone groups is 1. The first kappa shape index (κ1) is 13.6. The molecule has 6 heteroatoms. The summed E-state index contributed by atoms with van der Waals surface area (Å²) in [5.41, 5.74) is 0.969. The molecule has 0 unspecified atom stereocenters. The molecule has 0 atom stereocenters. The fourth-order valence-corrected chi connectivity index (χ4v) is 1.95. The molecule has 0 fully saturated rings. The summed E-state index contributed by atoms with van der Waals surface area (Å²) >= 11 is 0. The van der Waals surface area contributed by atoms with Crippen molar-refractivity contribution in [2.24, 2.45) is 0 Å². The number of nitrogens with one attached hydrogen (secondary N) is 1. The predicted molar refractivity (Wildman–Crippen MR) is 65.0 cm³/mol. The maximum Gasteiger partial charge on any atom is 0.220 e. The van der Waals surface area contributed by atoms with Crippen molar-refractivity contribution in [1.29, 1.82) is 0 Å². The van der Waals surface area contributed by atoms with E-state index in [1.807, 2.05) is 12.1 Å². The van der Waals surface area contributed by atoms with Crippen molar-refractivity contribution in [3.8, 4) is 0 Å². The van der Waals surface area contributed by atoms with Crippen LogP contribution in [0, 0.1) is 0 Å². The number of hydrogen-bond donors (Lipinski definition) is 1. The van der Waals surface area contributed by atoms with E-state index in [0.717, 1.165) is 5.56 Å². The predicted octanol–water partition coefficient (Wildman–Crippen LogP) is 0.523. The summed E-state index contributed by atoms with van der Waals surface area (Å²) in [4.78, 5) is 15.3. The summed E-state index contributed by atoms with van der Waals surface area (Å²) in [6.45, 7) is 0.445. The van der Waals surface area contributed by atoms with E-state index in [9.17, 15) is 13.2 Å². The molecule has 0 radical (unpaired) electrons. The second kappa shape index (κ2) is 6.34. The van der Waals surface area contributed by atoms with Gasteiger partial charge in [-0.2, -0.15) is 0 Å². The Morgan fingerprint density at radius 2 is 2.00 bits per heavy atom. The van der Waals surface area contributed by atoms with Crippen molar-refractivity contribution in [1.82, 2.24) is 10.3 Å². The van der Waals surface area contributed by atoms with Gasteiger partial charge in [0, 0.05) is 31.6 Å². The molecule has 1 aromatic heterocycles. The van der Waals surface area contributed by atoms with E-state index in [4.69, 9.17) is 0 Å². The standard InChI is InChI=1S/C11H16N2O3S/c1-17(15,16)8-2-3-11(14)13-9-10-4-6-12-7-5-10/h4-7H,2-3,8-9H2,1H3,(H,13,14). The van der Waals surface area contributed by atoms with Gasteiger partial charge in [-0.25, -0.2) is 8.42 Å². The van der Waals surface area contributed by atoms with Gasteiger partial charge in [-0.1, -0.05) is 0 Å². The average Bonchev–Trinajstić information content (AvgIpc) is 2.26. The molecule has 0 aromatic carbocycles. The maximum absolute atomic E-state index is 11.4. The number of carbonyl (C=O) groups excluding carboxylic acids is 1. The molecule has 1 rings (SSSR count). The van der Waals surface area contributed by atoms with E-state index in [1.165, 1.54) is 6.26 Å². The third-order valence-electron chi connectivity index (χ3n) is 2.16. The van der Waals surface area contributed by atoms with Gasteiger partial charge in [0.15, 0.2) is 0 Å². The van der Waals surface area contributed by atoms with Gasteiger partial charge in [0.25, 0.3) is 0 Å². The summed E-state index contributed by atoms with van der Waals surface area (Å²) in [5.74, 6) is -0.0826. The molecular formula is C11H16N2O3S. The number of rotatable bonds is 6. The lowest BCUT2D eigenvalue weighted by Gasteiger charge is -2.04. The van der Waals surface area contributed by atoms with Crippen LogP contribution in [0.5, 0.6) is 0 Å². The zero-order valence-corrected chi connectivity index (χ0v) is 10.5. The number of pyridine rings is 1. The molecule has 0 bridgehead atoms. The van der Waals surface area contributed by atoms with Crippen LogP contribution in [-0.4, -0.2) is 31.3 Å². The Hall–Kier alpha value is -1.43. The van der Waals surface area contributed by atoms with Crippen molar-refractivity contribution in [2.45, 2.75) is 19.4 Å². The Kier molecular flexibility index (Phi) is 5.09. The van der Waals surface area contributed by atoms with Crippen LogP contribution in [0.2, 0.25) is 0 Å². The van der Waals surface area contributed by atoms with Gasteiger partial charge in [-0.05, 0) is 24.1 Å². The van der Waals surface area contributed by atoms with Crippen LogP contribution >= 0.6 is 0 Å². The van der Waals surface area contributed by atoms with Gasteiger partial charge in [0.05, 0.1) is 5.75 Å². The monoisotopic (exact) mass is 256 g/mol. The lowest BCUT2D eigenvalue weighted by molar-refractivity contribution is -0.121. The van der Waals surface area contributed by atoms with Crippen LogP contribution in [0.3, 0.4) is 0 Å². The van der Waals surface area contributed by atoms with Crippen LogP contribution < -0.4 is 5.32 Å². The molecule has 0 saturated carbocycles. The number of hydrogen-bond acceptors (Lipinski definition) is 4. The van der Waals surface area contributed by atoms with Crippen LogP contribution in [0.1, 0.15) is 18.4 Å². The molecule has 1 heterocycles. The maximum atomic E-state index is 11.4. The first-order valence-electron chi connectivity index (χ1n) is 5.31. The lowest BCUT2D eigenvalue weighted by Crippen LogP contribution is -2.23. The van der Waals surface area contributed by atoms with Crippen LogP contribution in [0.15, 0.2) is 24.5 Å². The minimum absolute atomic E-state index is 0.0513. The van der Waals surface area contributed by atoms with E-state index >= 15 is 0 Å². The van der Waals surface area contributed by atoms with Crippen molar-refractivity contribution in [3.05, 3.63) is 30.1 Å². The highest BCUT2D eigenvalue weighted by atomic mass is 32.2. The van der Waals surface area contributed by atoms with Crippen molar-refractivity contribution in [2.75, 3.05) is 12.0 Å². The molecular weight excluding hydrogens is 240 g/mol. The van der Waals surface area contributed by atoms with Crippen molar-refractivity contribution in [3.63, 3.8) is 0 Å². The highest BCUT2D eigenvalue weighted by molar-refractivity contribution is 7.90. The first-order valence-corrected chi connectivity index (χ1v) is 7.37. The minimum atomic E-state index is -2.98. The molecule has 17 heavy (non-hydrogen) atoms. The van der Waals surface area contributed by atoms with E-state index in [0.29, 0.717) is 13.0 Å². The summed E-state index contributed by atoms with van der Waals surface area (Å²) in [6.07, 6.45) is 5.08. The first-order chi connectivity index (χ1) is 7.97. The van der Waals surface area contributed by atoms with Gasteiger partial charge in [0.2, 0.25) is 5.91 Å². The van der Waals surface area contributed by atoms with E-state index in [1.54, 1.807) is 12.4 Å². The summed E-state index contributed by atoms with van der Waals surface area (Å²) in [5, 5.41) is 2.72. The normalized spacial score (nSPS) is 11.1. The number of nitrogens with zero attached hydrogens (tertiary/aromatic N) is 1. The molecule has 0 aliphatic heterocycles. The molecule has 0 saturated heterocycles. The molecule has 5 nitrogen and oxygen atoms in total. The molecule has 94 valence electrons. The summed E-state index contributed by atoms with van der Waals surface area (Å²) in [6, 6.07) is 3.63. The molecule has 0 spiro atoms. The quantitative estimate of drug-likeness (QED) is 0.805. The van der Waals surface area contributed by atoms with E-state index < -0.39 is 9.84 Å². The fraction of sp³-hybridized carbons (Fsp3) is 0.455. The molecule has 0 aliphatic rings. The lowest BCUT2D eigenvalue weighted by atomic mass is 10.2. The molecule has 0 aliphatic carbocycles. The topological polar surface area (TPSA) is 76.1 Å². The van der Waals surface area contributed by atoms with Crippen LogP contribution in [-0.2, 0) is 21.2 Å². The van der Waals surface area contributed by atoms with Crippen LogP contribution in [0.25, 0.3) is 0 Å². The second-order valence-electron chi connectivity index (χ2n) is 3.87. The van der Waals surface area contributed by atoms with E-state index in [2.05, 4.69) is 10.3 Å².